The minimum atomic E-state index is 0.0960. The summed E-state index contributed by atoms with van der Waals surface area (Å²) >= 11 is 0. The second-order valence-electron chi connectivity index (χ2n) is 7.26. The highest BCUT2D eigenvalue weighted by molar-refractivity contribution is 5.01. The molecule has 1 heterocycles. The average Bonchev–Trinajstić information content (AvgIpc) is 2.51. The molecule has 2 heteroatoms. The first-order chi connectivity index (χ1) is 8.18. The van der Waals surface area contributed by atoms with Crippen molar-refractivity contribution in [2.75, 3.05) is 6.54 Å². The third-order valence-electron chi connectivity index (χ3n) is 3.40. The molecule has 0 radical (unpaired) electrons. The van der Waals surface area contributed by atoms with E-state index in [0.717, 1.165) is 19.4 Å². The van der Waals surface area contributed by atoms with Crippen LogP contribution in [-0.2, 0) is 4.74 Å². The van der Waals surface area contributed by atoms with Gasteiger partial charge in [-0.2, -0.15) is 0 Å². The Morgan fingerprint density at radius 2 is 2.06 bits per heavy atom. The summed E-state index contributed by atoms with van der Waals surface area (Å²) in [5.41, 5.74) is 1.78. The number of ether oxygens (including phenoxy) is 1. The van der Waals surface area contributed by atoms with Gasteiger partial charge in [0.15, 0.2) is 0 Å². The smallest absolute Gasteiger partial charge is 0.0631 e. The highest BCUT2D eigenvalue weighted by Crippen LogP contribution is 2.32. The van der Waals surface area contributed by atoms with Crippen molar-refractivity contribution in [2.45, 2.75) is 84.5 Å². The molecule has 1 unspecified atom stereocenters. The summed E-state index contributed by atoms with van der Waals surface area (Å²) < 4.78 is 6.02. The van der Waals surface area contributed by atoms with E-state index < -0.39 is 0 Å². The van der Waals surface area contributed by atoms with Gasteiger partial charge in [-0.25, -0.2) is 0 Å². The van der Waals surface area contributed by atoms with Crippen molar-refractivity contribution in [3.8, 4) is 0 Å². The fraction of sp³-hybridized carbons (Fsp3) is 0.875. The lowest BCUT2D eigenvalue weighted by Gasteiger charge is -2.20. The van der Waals surface area contributed by atoms with Crippen molar-refractivity contribution in [1.29, 1.82) is 0 Å². The Kier molecular flexibility index (Phi) is 5.42. The second-order valence-corrected chi connectivity index (χ2v) is 7.26. The van der Waals surface area contributed by atoms with Crippen molar-refractivity contribution in [3.05, 3.63) is 11.6 Å². The zero-order chi connectivity index (χ0) is 13.8. The number of rotatable bonds is 5. The van der Waals surface area contributed by atoms with E-state index in [0.29, 0.717) is 6.10 Å². The molecule has 0 aromatic heterocycles. The van der Waals surface area contributed by atoms with Gasteiger partial charge in [0.05, 0.1) is 11.7 Å². The van der Waals surface area contributed by atoms with Crippen LogP contribution in [-0.4, -0.2) is 23.8 Å². The summed E-state index contributed by atoms with van der Waals surface area (Å²) in [5, 5.41) is 3.51. The molecule has 1 aliphatic rings. The summed E-state index contributed by atoms with van der Waals surface area (Å²) in [7, 11) is 0. The Balaban J connectivity index is 2.22. The maximum absolute atomic E-state index is 6.02. The van der Waals surface area contributed by atoms with E-state index in [4.69, 9.17) is 4.74 Å². The Bertz CT molecular complexity index is 286. The van der Waals surface area contributed by atoms with Crippen LogP contribution in [0.25, 0.3) is 0 Å². The van der Waals surface area contributed by atoms with Crippen LogP contribution in [0.15, 0.2) is 11.6 Å². The summed E-state index contributed by atoms with van der Waals surface area (Å²) in [5.74, 6) is 0. The molecule has 0 aromatic rings. The number of hydrogen-bond acceptors (Lipinski definition) is 2. The quantitative estimate of drug-likeness (QED) is 0.589. The Labute approximate surface area is 113 Å². The monoisotopic (exact) mass is 253 g/mol. The molecule has 1 N–H and O–H groups in total. The molecule has 0 bridgehead atoms. The van der Waals surface area contributed by atoms with Gasteiger partial charge in [0.2, 0.25) is 0 Å². The lowest BCUT2D eigenvalue weighted by Crippen LogP contribution is -2.36. The molecule has 0 aliphatic carbocycles. The first-order valence-corrected chi connectivity index (χ1v) is 7.26. The van der Waals surface area contributed by atoms with Crippen molar-refractivity contribution < 1.29 is 4.74 Å². The van der Waals surface area contributed by atoms with Crippen molar-refractivity contribution >= 4 is 0 Å². The molecule has 18 heavy (non-hydrogen) atoms. The Hall–Kier alpha value is -0.340. The maximum Gasteiger partial charge on any atom is 0.0631 e. The molecular formula is C16H31NO. The van der Waals surface area contributed by atoms with E-state index >= 15 is 0 Å². The third-order valence-corrected chi connectivity index (χ3v) is 3.40. The van der Waals surface area contributed by atoms with Crippen LogP contribution in [0.4, 0.5) is 0 Å². The van der Waals surface area contributed by atoms with Gasteiger partial charge >= 0.3 is 0 Å². The van der Waals surface area contributed by atoms with E-state index in [1.54, 1.807) is 0 Å². The molecule has 1 rings (SSSR count). The fourth-order valence-electron chi connectivity index (χ4n) is 2.43. The average molecular weight is 253 g/mol. The number of nitrogens with one attached hydrogen (secondary N) is 1. The highest BCUT2D eigenvalue weighted by Gasteiger charge is 2.31. The SMILES string of the molecule is CC(=CCCNC(C)(C)C)CC1CCC(C)(C)O1. The van der Waals surface area contributed by atoms with E-state index in [1.807, 2.05) is 0 Å². The lowest BCUT2D eigenvalue weighted by molar-refractivity contribution is -0.0144. The van der Waals surface area contributed by atoms with Gasteiger partial charge in [-0.1, -0.05) is 11.6 Å². The predicted octanol–water partition coefficient (Wildman–Crippen LogP) is 4.06. The number of hydrogen-bond donors (Lipinski definition) is 1. The van der Waals surface area contributed by atoms with Crippen molar-refractivity contribution in [2.24, 2.45) is 0 Å². The van der Waals surface area contributed by atoms with Gasteiger partial charge in [-0.3, -0.25) is 0 Å². The molecule has 0 amide bonds. The molecular weight excluding hydrogens is 222 g/mol. The topological polar surface area (TPSA) is 21.3 Å². The van der Waals surface area contributed by atoms with Crippen LogP contribution >= 0.6 is 0 Å². The van der Waals surface area contributed by atoms with Crippen molar-refractivity contribution in [3.63, 3.8) is 0 Å². The van der Waals surface area contributed by atoms with Crippen LogP contribution < -0.4 is 5.32 Å². The molecule has 1 fully saturated rings. The molecule has 0 aromatic carbocycles. The van der Waals surface area contributed by atoms with E-state index in [2.05, 4.69) is 52.9 Å². The van der Waals surface area contributed by atoms with Crippen LogP contribution in [0.1, 0.15) is 67.2 Å². The molecule has 106 valence electrons. The third kappa shape index (κ3) is 6.55. The van der Waals surface area contributed by atoms with Crippen LogP contribution in [0.2, 0.25) is 0 Å². The Morgan fingerprint density at radius 3 is 2.56 bits per heavy atom. The van der Waals surface area contributed by atoms with E-state index in [-0.39, 0.29) is 11.1 Å². The van der Waals surface area contributed by atoms with Gasteiger partial charge in [0.25, 0.3) is 0 Å². The second kappa shape index (κ2) is 6.21. The van der Waals surface area contributed by atoms with Gasteiger partial charge in [-0.05, 0) is 73.8 Å². The zero-order valence-electron chi connectivity index (χ0n) is 13.1. The van der Waals surface area contributed by atoms with Gasteiger partial charge in [0.1, 0.15) is 0 Å². The summed E-state index contributed by atoms with van der Waals surface area (Å²) in [6.07, 6.45) is 7.40. The molecule has 1 saturated heterocycles. The Morgan fingerprint density at radius 1 is 1.39 bits per heavy atom. The van der Waals surface area contributed by atoms with Gasteiger partial charge in [0, 0.05) is 5.54 Å². The maximum atomic E-state index is 6.02. The molecule has 1 aliphatic heterocycles. The van der Waals surface area contributed by atoms with Crippen LogP contribution in [0.5, 0.6) is 0 Å². The molecule has 2 nitrogen and oxygen atoms in total. The van der Waals surface area contributed by atoms with Crippen LogP contribution in [0.3, 0.4) is 0 Å². The minimum Gasteiger partial charge on any atom is -0.372 e. The summed E-state index contributed by atoms with van der Waals surface area (Å²) in [4.78, 5) is 0. The molecule has 0 saturated carbocycles. The van der Waals surface area contributed by atoms with Crippen LogP contribution in [0, 0.1) is 0 Å². The summed E-state index contributed by atoms with van der Waals surface area (Å²) in [6, 6.07) is 0. The zero-order valence-corrected chi connectivity index (χ0v) is 13.1. The first kappa shape index (κ1) is 15.7. The highest BCUT2D eigenvalue weighted by atomic mass is 16.5. The van der Waals surface area contributed by atoms with Crippen molar-refractivity contribution in [1.82, 2.24) is 5.32 Å². The standard InChI is InChI=1S/C16H31NO/c1-13(8-7-11-17-15(2,3)4)12-14-9-10-16(5,6)18-14/h8,14,17H,7,9-12H2,1-6H3. The van der Waals surface area contributed by atoms with Gasteiger partial charge in [-0.15, -0.1) is 0 Å². The minimum absolute atomic E-state index is 0.0960. The normalized spacial score (nSPS) is 24.6. The summed E-state index contributed by atoms with van der Waals surface area (Å²) in [6.45, 7) is 14.3. The van der Waals surface area contributed by atoms with Gasteiger partial charge < -0.3 is 10.1 Å². The first-order valence-electron chi connectivity index (χ1n) is 7.26. The fourth-order valence-corrected chi connectivity index (χ4v) is 2.43. The van der Waals surface area contributed by atoms with E-state index in [1.165, 1.54) is 18.4 Å². The van der Waals surface area contributed by atoms with E-state index in [9.17, 15) is 0 Å². The molecule has 0 spiro atoms. The lowest BCUT2D eigenvalue weighted by atomic mass is 10.0. The predicted molar refractivity (Wildman–Crippen MR) is 78.9 cm³/mol. The molecule has 1 atom stereocenters. The largest absolute Gasteiger partial charge is 0.372 e.